The van der Waals surface area contributed by atoms with Gasteiger partial charge in [-0.3, -0.25) is 13.9 Å². The molecule has 0 bridgehead atoms. The lowest BCUT2D eigenvalue weighted by atomic mass is 10.0. The predicted octanol–water partition coefficient (Wildman–Crippen LogP) is 6.89. The average Bonchev–Trinajstić information content (AvgIpc) is 3.55. The van der Waals surface area contributed by atoms with Gasteiger partial charge in [0.1, 0.15) is 12.6 Å². The molecule has 1 fully saturated rings. The fourth-order valence-corrected chi connectivity index (χ4v) is 7.36. The van der Waals surface area contributed by atoms with E-state index in [2.05, 4.69) is 5.32 Å². The second-order valence-corrected chi connectivity index (χ2v) is 13.9. The normalized spacial score (nSPS) is 14.1. The predicted molar refractivity (Wildman–Crippen MR) is 179 cm³/mol. The lowest BCUT2D eigenvalue weighted by Crippen LogP contribution is -2.54. The van der Waals surface area contributed by atoms with Crippen LogP contribution in [-0.2, 0) is 32.6 Å². The van der Waals surface area contributed by atoms with E-state index in [9.17, 15) is 18.0 Å². The van der Waals surface area contributed by atoms with Gasteiger partial charge < -0.3 is 10.2 Å². The number of sulfonamides is 1. The number of hydrogen-bond donors (Lipinski definition) is 1. The van der Waals surface area contributed by atoms with Crippen molar-refractivity contribution in [2.24, 2.45) is 0 Å². The van der Waals surface area contributed by atoms with Crippen LogP contribution in [0, 0.1) is 0 Å². The molecule has 0 spiro atoms. The van der Waals surface area contributed by atoms with E-state index in [-0.39, 0.29) is 29.8 Å². The molecule has 0 saturated heterocycles. The van der Waals surface area contributed by atoms with Crippen molar-refractivity contribution in [2.75, 3.05) is 10.8 Å². The summed E-state index contributed by atoms with van der Waals surface area (Å²) in [5.74, 6) is -0.799. The largest absolute Gasteiger partial charge is 0.352 e. The van der Waals surface area contributed by atoms with Crippen LogP contribution < -0.4 is 9.62 Å². The molecule has 45 heavy (non-hydrogen) atoms. The maximum Gasteiger partial charge on any atom is 0.264 e. The van der Waals surface area contributed by atoms with Gasteiger partial charge in [-0.25, -0.2) is 8.42 Å². The quantitative estimate of drug-likeness (QED) is 0.179. The Morgan fingerprint density at radius 1 is 0.778 bits per heavy atom. The molecule has 10 heteroatoms. The Kier molecular flexibility index (Phi) is 10.8. The van der Waals surface area contributed by atoms with E-state index in [1.807, 2.05) is 36.4 Å². The molecule has 2 amide bonds. The number of carbonyl (C=O) groups excluding carboxylic acids is 2. The smallest absolute Gasteiger partial charge is 0.264 e. The number of carbonyl (C=O) groups is 2. The summed E-state index contributed by atoms with van der Waals surface area (Å²) < 4.78 is 29.2. The Bertz CT molecular complexity index is 1700. The summed E-state index contributed by atoms with van der Waals surface area (Å²) >= 11 is 12.4. The first-order valence-electron chi connectivity index (χ1n) is 14.9. The van der Waals surface area contributed by atoms with Crippen molar-refractivity contribution in [2.45, 2.75) is 55.6 Å². The summed E-state index contributed by atoms with van der Waals surface area (Å²) in [6.45, 7) is -0.476. The first-order chi connectivity index (χ1) is 21.7. The van der Waals surface area contributed by atoms with Gasteiger partial charge in [-0.05, 0) is 72.5 Å². The number of rotatable bonds is 12. The third-order valence-corrected chi connectivity index (χ3v) is 10.2. The van der Waals surface area contributed by atoms with Crippen molar-refractivity contribution >= 4 is 50.7 Å². The molecular formula is C35H35Cl2N3O4S. The van der Waals surface area contributed by atoms with E-state index in [4.69, 9.17) is 23.2 Å². The maximum absolute atomic E-state index is 14.5. The Labute approximate surface area is 274 Å². The highest BCUT2D eigenvalue weighted by atomic mass is 35.5. The van der Waals surface area contributed by atoms with E-state index in [1.54, 1.807) is 48.5 Å². The molecule has 1 saturated carbocycles. The number of nitrogens with zero attached hydrogens (tertiary/aromatic N) is 2. The van der Waals surface area contributed by atoms with Crippen LogP contribution in [0.3, 0.4) is 0 Å². The number of amides is 2. The SMILES string of the molecule is O=C(NC1CCCC1)[C@H](Cc1ccccc1)N(Cc1cccc(Cl)c1)C(=O)CN(c1ccccc1)S(=O)(=O)c1ccc(Cl)cc1. The van der Waals surface area contributed by atoms with Gasteiger partial charge in [-0.1, -0.05) is 96.7 Å². The van der Waals surface area contributed by atoms with Crippen LogP contribution in [0.25, 0.3) is 0 Å². The number of anilines is 1. The molecule has 1 atom stereocenters. The molecule has 0 heterocycles. The van der Waals surface area contributed by atoms with E-state index < -0.39 is 28.5 Å². The third-order valence-electron chi connectivity index (χ3n) is 7.94. The van der Waals surface area contributed by atoms with Gasteiger partial charge in [-0.15, -0.1) is 0 Å². The van der Waals surface area contributed by atoms with E-state index in [0.717, 1.165) is 41.1 Å². The Balaban J connectivity index is 1.55. The minimum Gasteiger partial charge on any atom is -0.352 e. The summed E-state index contributed by atoms with van der Waals surface area (Å²) in [7, 11) is -4.20. The highest BCUT2D eigenvalue weighted by molar-refractivity contribution is 7.92. The summed E-state index contributed by atoms with van der Waals surface area (Å²) in [6, 6.07) is 30.0. The van der Waals surface area contributed by atoms with Gasteiger partial charge in [0.15, 0.2) is 0 Å². The van der Waals surface area contributed by atoms with Crippen LogP contribution in [0.1, 0.15) is 36.8 Å². The van der Waals surface area contributed by atoms with Crippen molar-refractivity contribution in [3.63, 3.8) is 0 Å². The minimum absolute atomic E-state index is 0.00948. The van der Waals surface area contributed by atoms with Crippen molar-refractivity contribution in [3.8, 4) is 0 Å². The molecule has 0 aromatic heterocycles. The molecule has 234 valence electrons. The third kappa shape index (κ3) is 8.45. The van der Waals surface area contributed by atoms with Crippen LogP contribution in [0.4, 0.5) is 5.69 Å². The second-order valence-electron chi connectivity index (χ2n) is 11.1. The molecule has 7 nitrogen and oxygen atoms in total. The molecule has 4 aromatic carbocycles. The fourth-order valence-electron chi connectivity index (χ4n) is 5.61. The lowest BCUT2D eigenvalue weighted by Gasteiger charge is -2.34. The molecule has 4 aromatic rings. The lowest BCUT2D eigenvalue weighted by molar-refractivity contribution is -0.140. The Hall–Kier alpha value is -3.85. The van der Waals surface area contributed by atoms with Gasteiger partial charge in [0, 0.05) is 29.1 Å². The van der Waals surface area contributed by atoms with E-state index >= 15 is 0 Å². The molecule has 1 N–H and O–H groups in total. The monoisotopic (exact) mass is 663 g/mol. The number of benzene rings is 4. The van der Waals surface area contributed by atoms with Gasteiger partial charge >= 0.3 is 0 Å². The molecule has 1 aliphatic rings. The standard InChI is InChI=1S/C35H35Cl2N3O4S/c36-28-18-20-32(21-19-28)45(43,44)40(31-16-5-2-6-17-31)25-34(41)39(24-27-12-9-13-29(37)22-27)33(23-26-10-3-1-4-11-26)35(42)38-30-14-7-8-15-30/h1-6,9-13,16-22,30,33H,7-8,14-15,23-25H2,(H,38,42)/t33-/m0/s1. The summed E-state index contributed by atoms with van der Waals surface area (Å²) in [5.41, 5.74) is 1.91. The molecule has 0 aliphatic heterocycles. The first-order valence-corrected chi connectivity index (χ1v) is 17.1. The zero-order valence-electron chi connectivity index (χ0n) is 24.7. The molecule has 5 rings (SSSR count). The average molecular weight is 665 g/mol. The summed E-state index contributed by atoms with van der Waals surface area (Å²) in [5, 5.41) is 4.06. The van der Waals surface area contributed by atoms with Crippen molar-refractivity contribution in [1.29, 1.82) is 0 Å². The second kappa shape index (κ2) is 15.0. The van der Waals surface area contributed by atoms with Gasteiger partial charge in [0.2, 0.25) is 11.8 Å². The topological polar surface area (TPSA) is 86.8 Å². The minimum atomic E-state index is -4.20. The molecular weight excluding hydrogens is 629 g/mol. The van der Waals surface area contributed by atoms with Crippen LogP contribution in [0.5, 0.6) is 0 Å². The zero-order valence-corrected chi connectivity index (χ0v) is 27.0. The van der Waals surface area contributed by atoms with E-state index in [0.29, 0.717) is 15.7 Å². The maximum atomic E-state index is 14.5. The van der Waals surface area contributed by atoms with Gasteiger partial charge in [-0.2, -0.15) is 0 Å². The number of hydrogen-bond acceptors (Lipinski definition) is 4. The fraction of sp³-hybridized carbons (Fsp3) is 0.257. The molecule has 0 unspecified atom stereocenters. The van der Waals surface area contributed by atoms with Crippen molar-refractivity contribution in [3.05, 3.63) is 130 Å². The van der Waals surface area contributed by atoms with Crippen LogP contribution in [-0.4, -0.2) is 43.8 Å². The van der Waals surface area contributed by atoms with Gasteiger partial charge in [0.25, 0.3) is 10.0 Å². The van der Waals surface area contributed by atoms with Crippen molar-refractivity contribution < 1.29 is 18.0 Å². The number of nitrogens with one attached hydrogen (secondary N) is 1. The Morgan fingerprint density at radius 2 is 1.40 bits per heavy atom. The number of para-hydroxylation sites is 1. The number of halogens is 2. The van der Waals surface area contributed by atoms with Crippen LogP contribution in [0.15, 0.2) is 114 Å². The highest BCUT2D eigenvalue weighted by Crippen LogP contribution is 2.26. The first kappa shape index (κ1) is 32.5. The molecule has 0 radical (unpaired) electrons. The Morgan fingerprint density at radius 3 is 2.04 bits per heavy atom. The summed E-state index contributed by atoms with van der Waals surface area (Å²) in [6.07, 6.45) is 4.09. The van der Waals surface area contributed by atoms with Crippen LogP contribution in [0.2, 0.25) is 10.0 Å². The van der Waals surface area contributed by atoms with Crippen molar-refractivity contribution in [1.82, 2.24) is 10.2 Å². The van der Waals surface area contributed by atoms with Gasteiger partial charge in [0.05, 0.1) is 10.6 Å². The van der Waals surface area contributed by atoms with Crippen LogP contribution >= 0.6 is 23.2 Å². The highest BCUT2D eigenvalue weighted by Gasteiger charge is 2.35. The molecule has 1 aliphatic carbocycles. The summed E-state index contributed by atoms with van der Waals surface area (Å²) in [4.78, 5) is 30.0. The van der Waals surface area contributed by atoms with E-state index in [1.165, 1.54) is 29.2 Å². The zero-order chi connectivity index (χ0) is 31.8.